The van der Waals surface area contributed by atoms with Crippen LogP contribution in [-0.4, -0.2) is 10.2 Å². The van der Waals surface area contributed by atoms with Gasteiger partial charge in [0.15, 0.2) is 0 Å². The summed E-state index contributed by atoms with van der Waals surface area (Å²) >= 11 is 0. The van der Waals surface area contributed by atoms with Crippen LogP contribution < -0.4 is 9.80 Å². The Morgan fingerprint density at radius 1 is 0.400 bits per heavy atom. The minimum Gasteiger partial charge on any atom is -0.386 e. The van der Waals surface area contributed by atoms with Gasteiger partial charge in [-0.2, -0.15) is 0 Å². The number of nitrogens with zero attached hydrogens (tertiary/aromatic N) is 2. The lowest BCUT2D eigenvalue weighted by atomic mass is 9.87. The SMILES string of the molecule is CC(C)(O)c1cc(N(c2ccccc2)c2ccccc2)c(C(C)(C)O)cc1N(c1ccccc1)c1ccccc1. The van der Waals surface area contributed by atoms with Crippen LogP contribution in [0.15, 0.2) is 133 Å². The summed E-state index contributed by atoms with van der Waals surface area (Å²) in [5.74, 6) is 0. The summed E-state index contributed by atoms with van der Waals surface area (Å²) in [6, 6.07) is 44.5. The first-order valence-corrected chi connectivity index (χ1v) is 13.6. The Morgan fingerprint density at radius 2 is 0.625 bits per heavy atom. The van der Waals surface area contributed by atoms with Gasteiger partial charge in [0.1, 0.15) is 0 Å². The van der Waals surface area contributed by atoms with Gasteiger partial charge in [0.25, 0.3) is 0 Å². The first-order valence-electron chi connectivity index (χ1n) is 13.6. The summed E-state index contributed by atoms with van der Waals surface area (Å²) in [7, 11) is 0. The Hall–Kier alpha value is -4.38. The van der Waals surface area contributed by atoms with Crippen molar-refractivity contribution in [3.05, 3.63) is 145 Å². The van der Waals surface area contributed by atoms with E-state index >= 15 is 0 Å². The van der Waals surface area contributed by atoms with Gasteiger partial charge in [0, 0.05) is 33.9 Å². The molecule has 5 rings (SSSR count). The third kappa shape index (κ3) is 5.64. The molecule has 5 aromatic rings. The van der Waals surface area contributed by atoms with E-state index < -0.39 is 11.2 Å². The van der Waals surface area contributed by atoms with Gasteiger partial charge < -0.3 is 20.0 Å². The number of para-hydroxylation sites is 4. The van der Waals surface area contributed by atoms with Gasteiger partial charge in [-0.25, -0.2) is 0 Å². The highest BCUT2D eigenvalue weighted by molar-refractivity contribution is 5.85. The summed E-state index contributed by atoms with van der Waals surface area (Å²) in [4.78, 5) is 4.28. The summed E-state index contributed by atoms with van der Waals surface area (Å²) in [5.41, 5.74) is 4.51. The Labute approximate surface area is 237 Å². The molecule has 0 aliphatic carbocycles. The van der Waals surface area contributed by atoms with Crippen molar-refractivity contribution in [2.75, 3.05) is 9.80 Å². The van der Waals surface area contributed by atoms with Gasteiger partial charge >= 0.3 is 0 Å². The molecule has 0 radical (unpaired) electrons. The molecule has 0 atom stereocenters. The molecule has 0 unspecified atom stereocenters. The summed E-state index contributed by atoms with van der Waals surface area (Å²) in [6.07, 6.45) is 0. The Balaban J connectivity index is 1.86. The van der Waals surface area contributed by atoms with Crippen molar-refractivity contribution in [3.8, 4) is 0 Å². The molecule has 0 saturated heterocycles. The number of aliphatic hydroxyl groups is 2. The Bertz CT molecular complexity index is 1340. The molecule has 0 spiro atoms. The topological polar surface area (TPSA) is 46.9 Å². The third-order valence-electron chi connectivity index (χ3n) is 6.97. The van der Waals surface area contributed by atoms with Gasteiger partial charge in [-0.05, 0) is 88.4 Å². The van der Waals surface area contributed by atoms with Crippen molar-refractivity contribution in [2.45, 2.75) is 38.9 Å². The lowest BCUT2D eigenvalue weighted by molar-refractivity contribution is 0.0753. The second-order valence-corrected chi connectivity index (χ2v) is 11.0. The Kier molecular flexibility index (Phi) is 7.49. The molecule has 0 heterocycles. The Morgan fingerprint density at radius 3 is 0.825 bits per heavy atom. The third-order valence-corrected chi connectivity index (χ3v) is 6.97. The van der Waals surface area contributed by atoms with Crippen LogP contribution >= 0.6 is 0 Å². The first kappa shape index (κ1) is 27.2. The van der Waals surface area contributed by atoms with E-state index in [0.29, 0.717) is 0 Å². The fourth-order valence-electron chi connectivity index (χ4n) is 5.09. The number of hydrogen-bond acceptors (Lipinski definition) is 4. The maximum absolute atomic E-state index is 11.6. The number of benzene rings is 5. The van der Waals surface area contributed by atoms with Gasteiger partial charge in [-0.1, -0.05) is 72.8 Å². The maximum Gasteiger partial charge on any atom is 0.0861 e. The molecule has 202 valence electrons. The number of anilines is 6. The normalized spacial score (nSPS) is 11.8. The molecule has 0 fully saturated rings. The van der Waals surface area contributed by atoms with Crippen LogP contribution in [0.25, 0.3) is 0 Å². The summed E-state index contributed by atoms with van der Waals surface area (Å²) in [6.45, 7) is 7.23. The van der Waals surface area contributed by atoms with Gasteiger partial charge in [0.05, 0.1) is 22.6 Å². The van der Waals surface area contributed by atoms with Crippen LogP contribution in [0.5, 0.6) is 0 Å². The van der Waals surface area contributed by atoms with Crippen LogP contribution in [0.2, 0.25) is 0 Å². The van der Waals surface area contributed by atoms with Gasteiger partial charge in [-0.15, -0.1) is 0 Å². The smallest absolute Gasteiger partial charge is 0.0861 e. The predicted octanol–water partition coefficient (Wildman–Crippen LogP) is 9.08. The predicted molar refractivity (Wildman–Crippen MR) is 166 cm³/mol. The van der Waals surface area contributed by atoms with Crippen LogP contribution in [0.3, 0.4) is 0 Å². The van der Waals surface area contributed by atoms with E-state index in [9.17, 15) is 10.2 Å². The molecular formula is C36H36N2O2. The van der Waals surface area contributed by atoms with E-state index in [0.717, 1.165) is 45.3 Å². The van der Waals surface area contributed by atoms with Crippen LogP contribution in [0.4, 0.5) is 34.1 Å². The van der Waals surface area contributed by atoms with Gasteiger partial charge in [0.2, 0.25) is 0 Å². The highest BCUT2D eigenvalue weighted by Crippen LogP contribution is 2.48. The molecule has 40 heavy (non-hydrogen) atoms. The van der Waals surface area contributed by atoms with Crippen molar-refractivity contribution in [3.63, 3.8) is 0 Å². The van der Waals surface area contributed by atoms with E-state index in [2.05, 4.69) is 58.3 Å². The fraction of sp³-hybridized carbons (Fsp3) is 0.167. The van der Waals surface area contributed by atoms with E-state index in [4.69, 9.17) is 0 Å². The van der Waals surface area contributed by atoms with Crippen molar-refractivity contribution in [2.24, 2.45) is 0 Å². The molecule has 4 heteroatoms. The average molecular weight is 529 g/mol. The maximum atomic E-state index is 11.6. The molecule has 4 nitrogen and oxygen atoms in total. The molecule has 0 amide bonds. The van der Waals surface area contributed by atoms with Crippen LogP contribution in [0, 0.1) is 0 Å². The van der Waals surface area contributed by atoms with E-state index in [1.165, 1.54) is 0 Å². The van der Waals surface area contributed by atoms with Crippen molar-refractivity contribution >= 4 is 34.1 Å². The zero-order chi connectivity index (χ0) is 28.3. The summed E-state index contributed by atoms with van der Waals surface area (Å²) < 4.78 is 0. The molecular weight excluding hydrogens is 492 g/mol. The molecule has 0 aliphatic heterocycles. The lowest BCUT2D eigenvalue weighted by Gasteiger charge is -2.37. The quantitative estimate of drug-likeness (QED) is 0.211. The van der Waals surface area contributed by atoms with Crippen molar-refractivity contribution in [1.82, 2.24) is 0 Å². The zero-order valence-electron chi connectivity index (χ0n) is 23.5. The van der Waals surface area contributed by atoms with Crippen molar-refractivity contribution < 1.29 is 10.2 Å². The highest BCUT2D eigenvalue weighted by atomic mass is 16.3. The van der Waals surface area contributed by atoms with E-state index in [-0.39, 0.29) is 0 Å². The molecule has 0 saturated carbocycles. The molecule has 5 aromatic carbocycles. The molecule has 2 N–H and O–H groups in total. The molecule has 0 aromatic heterocycles. The zero-order valence-corrected chi connectivity index (χ0v) is 23.5. The monoisotopic (exact) mass is 528 g/mol. The van der Waals surface area contributed by atoms with Crippen LogP contribution in [0.1, 0.15) is 38.8 Å². The fourth-order valence-corrected chi connectivity index (χ4v) is 5.09. The summed E-state index contributed by atoms with van der Waals surface area (Å²) in [5, 5.41) is 23.3. The van der Waals surface area contributed by atoms with Crippen LogP contribution in [-0.2, 0) is 11.2 Å². The average Bonchev–Trinajstić information content (AvgIpc) is 2.95. The standard InChI is InChI=1S/C36H36N2O2/c1-35(2,39)31-25-34(38(29-21-13-7-14-22-29)30-23-15-8-16-24-30)32(36(3,4)40)26-33(31)37(27-17-9-5-10-18-27)28-19-11-6-12-20-28/h5-26,39-40H,1-4H3. The first-order chi connectivity index (χ1) is 19.1. The highest BCUT2D eigenvalue weighted by Gasteiger charge is 2.32. The number of hydrogen-bond donors (Lipinski definition) is 2. The molecule has 0 aliphatic rings. The minimum atomic E-state index is -1.19. The second kappa shape index (κ2) is 11.0. The second-order valence-electron chi connectivity index (χ2n) is 11.0. The minimum absolute atomic E-state index is 0.736. The van der Waals surface area contributed by atoms with E-state index in [1.807, 2.05) is 113 Å². The van der Waals surface area contributed by atoms with Gasteiger partial charge in [-0.3, -0.25) is 0 Å². The van der Waals surface area contributed by atoms with E-state index in [1.54, 1.807) is 0 Å². The molecule has 0 bridgehead atoms. The number of rotatable bonds is 8. The largest absolute Gasteiger partial charge is 0.386 e. The van der Waals surface area contributed by atoms with Crippen molar-refractivity contribution in [1.29, 1.82) is 0 Å². The lowest BCUT2D eigenvalue weighted by Crippen LogP contribution is -2.26.